The van der Waals surface area contributed by atoms with E-state index in [-0.39, 0.29) is 0 Å². The molecule has 4 heteroatoms. The minimum absolute atomic E-state index is 0.469. The Bertz CT molecular complexity index is 322. The second kappa shape index (κ2) is 3.59. The highest BCUT2D eigenvalue weighted by molar-refractivity contribution is 6.30. The zero-order valence-electron chi connectivity index (χ0n) is 7.13. The third-order valence-corrected chi connectivity index (χ3v) is 2.18. The number of halogens is 1. The minimum atomic E-state index is 0.469. The molecule has 0 amide bonds. The van der Waals surface area contributed by atoms with Crippen LogP contribution in [0.25, 0.3) is 0 Å². The fourth-order valence-electron chi connectivity index (χ4n) is 1.11. The Morgan fingerprint density at radius 2 is 2.25 bits per heavy atom. The lowest BCUT2D eigenvalue weighted by Gasteiger charge is -2.01. The summed E-state index contributed by atoms with van der Waals surface area (Å²) in [5.41, 5.74) is 0.826. The van der Waals surface area contributed by atoms with E-state index >= 15 is 0 Å². The Morgan fingerprint density at radius 3 is 2.67 bits per heavy atom. The number of aryl methyl sites for hydroxylation is 2. The van der Waals surface area contributed by atoms with Crippen LogP contribution in [0.4, 0.5) is 0 Å². The number of aromatic nitrogens is 2. The van der Waals surface area contributed by atoms with E-state index in [1.54, 1.807) is 0 Å². The van der Waals surface area contributed by atoms with Gasteiger partial charge in [-0.2, -0.15) is 5.26 Å². The van der Waals surface area contributed by atoms with Crippen molar-refractivity contribution in [2.45, 2.75) is 26.8 Å². The predicted octanol–water partition coefficient (Wildman–Crippen LogP) is 2.07. The number of rotatable bonds is 2. The number of nitrogens with zero attached hydrogens (tertiary/aromatic N) is 3. The van der Waals surface area contributed by atoms with E-state index in [1.807, 2.05) is 18.4 Å². The molecule has 0 unspecified atom stereocenters. The van der Waals surface area contributed by atoms with Crippen molar-refractivity contribution >= 4 is 11.6 Å². The summed E-state index contributed by atoms with van der Waals surface area (Å²) in [5, 5.41) is 9.03. The van der Waals surface area contributed by atoms with E-state index in [2.05, 4.69) is 11.1 Å². The molecule has 0 fully saturated rings. The van der Waals surface area contributed by atoms with Crippen LogP contribution in [0.3, 0.4) is 0 Å². The van der Waals surface area contributed by atoms with E-state index in [0.29, 0.717) is 18.1 Å². The third kappa shape index (κ3) is 1.59. The number of hydrogen-bond acceptors (Lipinski definition) is 2. The average molecular weight is 184 g/mol. The lowest BCUT2D eigenvalue weighted by Crippen LogP contribution is -1.99. The summed E-state index contributed by atoms with van der Waals surface area (Å²) < 4.78 is 1.85. The lowest BCUT2D eigenvalue weighted by molar-refractivity contribution is 0.690. The first-order valence-electron chi connectivity index (χ1n) is 3.73. The summed E-state index contributed by atoms with van der Waals surface area (Å²) in [4.78, 5) is 4.19. The molecular weight excluding hydrogens is 174 g/mol. The predicted molar refractivity (Wildman–Crippen MR) is 46.9 cm³/mol. The average Bonchev–Trinajstić information content (AvgIpc) is 2.25. The van der Waals surface area contributed by atoms with Gasteiger partial charge in [-0.1, -0.05) is 11.6 Å². The SMILES string of the molecule is Cc1nc(C)n(CCC#N)c1Cl. The Kier molecular flexibility index (Phi) is 2.72. The van der Waals surface area contributed by atoms with Gasteiger partial charge < -0.3 is 4.57 Å². The molecule has 0 saturated carbocycles. The molecule has 64 valence electrons. The van der Waals surface area contributed by atoms with Crippen molar-refractivity contribution in [3.05, 3.63) is 16.7 Å². The number of imidazole rings is 1. The lowest BCUT2D eigenvalue weighted by atomic mass is 10.4. The van der Waals surface area contributed by atoms with Crippen LogP contribution in [0.1, 0.15) is 17.9 Å². The van der Waals surface area contributed by atoms with Crippen LogP contribution in [0.15, 0.2) is 0 Å². The van der Waals surface area contributed by atoms with Crippen molar-refractivity contribution in [1.29, 1.82) is 5.26 Å². The first-order valence-corrected chi connectivity index (χ1v) is 4.10. The van der Waals surface area contributed by atoms with Gasteiger partial charge in [0.2, 0.25) is 0 Å². The fourth-order valence-corrected chi connectivity index (χ4v) is 1.36. The van der Waals surface area contributed by atoms with Gasteiger partial charge in [0.25, 0.3) is 0 Å². The van der Waals surface area contributed by atoms with Crippen LogP contribution in [-0.2, 0) is 6.54 Å². The highest BCUT2D eigenvalue weighted by atomic mass is 35.5. The van der Waals surface area contributed by atoms with E-state index in [0.717, 1.165) is 11.5 Å². The summed E-state index contributed by atoms with van der Waals surface area (Å²) >= 11 is 5.94. The molecule has 0 saturated heterocycles. The Balaban J connectivity index is 2.91. The molecule has 0 bridgehead atoms. The van der Waals surface area contributed by atoms with Crippen molar-refractivity contribution < 1.29 is 0 Å². The molecule has 0 aliphatic heterocycles. The topological polar surface area (TPSA) is 41.6 Å². The molecule has 0 N–H and O–H groups in total. The van der Waals surface area contributed by atoms with Crippen molar-refractivity contribution in [3.8, 4) is 6.07 Å². The smallest absolute Gasteiger partial charge is 0.131 e. The van der Waals surface area contributed by atoms with Gasteiger partial charge in [0, 0.05) is 6.54 Å². The highest BCUT2D eigenvalue weighted by Crippen LogP contribution is 2.16. The van der Waals surface area contributed by atoms with Crippen LogP contribution in [0.2, 0.25) is 5.15 Å². The molecule has 0 aromatic carbocycles. The van der Waals surface area contributed by atoms with E-state index < -0.39 is 0 Å². The maximum atomic E-state index is 8.39. The maximum absolute atomic E-state index is 8.39. The fraction of sp³-hybridized carbons (Fsp3) is 0.500. The summed E-state index contributed by atoms with van der Waals surface area (Å²) in [6, 6.07) is 2.07. The van der Waals surface area contributed by atoms with Crippen LogP contribution in [0, 0.1) is 25.2 Å². The zero-order valence-corrected chi connectivity index (χ0v) is 7.89. The van der Waals surface area contributed by atoms with Gasteiger partial charge in [-0.05, 0) is 13.8 Å². The molecule has 0 atom stereocenters. The van der Waals surface area contributed by atoms with Gasteiger partial charge in [0.15, 0.2) is 0 Å². The van der Waals surface area contributed by atoms with Crippen molar-refractivity contribution in [1.82, 2.24) is 9.55 Å². The molecule has 12 heavy (non-hydrogen) atoms. The van der Waals surface area contributed by atoms with Gasteiger partial charge >= 0.3 is 0 Å². The normalized spacial score (nSPS) is 9.83. The van der Waals surface area contributed by atoms with Crippen LogP contribution in [0.5, 0.6) is 0 Å². The summed E-state index contributed by atoms with van der Waals surface area (Å²) in [6.07, 6.45) is 0.469. The molecule has 1 heterocycles. The Morgan fingerprint density at radius 1 is 1.58 bits per heavy atom. The van der Waals surface area contributed by atoms with Gasteiger partial charge in [-0.25, -0.2) is 4.98 Å². The second-order valence-corrected chi connectivity index (χ2v) is 2.95. The Hall–Kier alpha value is -1.01. The molecule has 0 spiro atoms. The molecule has 1 rings (SSSR count). The number of hydrogen-bond donors (Lipinski definition) is 0. The monoisotopic (exact) mass is 183 g/mol. The quantitative estimate of drug-likeness (QED) is 0.705. The summed E-state index contributed by atoms with van der Waals surface area (Å²) in [6.45, 7) is 4.37. The van der Waals surface area contributed by atoms with Gasteiger partial charge in [-0.15, -0.1) is 0 Å². The second-order valence-electron chi connectivity index (χ2n) is 2.59. The van der Waals surface area contributed by atoms with Gasteiger partial charge in [-0.3, -0.25) is 0 Å². The Labute approximate surface area is 76.6 Å². The molecule has 1 aromatic rings. The standard InChI is InChI=1S/C8H10ClN3/c1-6-8(9)12(5-3-4-10)7(2)11-6/h3,5H2,1-2H3. The first kappa shape index (κ1) is 9.08. The molecule has 1 aromatic heterocycles. The molecular formula is C8H10ClN3. The van der Waals surface area contributed by atoms with Crippen molar-refractivity contribution in [2.24, 2.45) is 0 Å². The highest BCUT2D eigenvalue weighted by Gasteiger charge is 2.07. The van der Waals surface area contributed by atoms with Crippen LogP contribution < -0.4 is 0 Å². The van der Waals surface area contributed by atoms with E-state index in [9.17, 15) is 0 Å². The maximum Gasteiger partial charge on any atom is 0.131 e. The molecule has 0 aliphatic rings. The molecule has 0 aliphatic carbocycles. The zero-order chi connectivity index (χ0) is 9.14. The van der Waals surface area contributed by atoms with E-state index in [4.69, 9.17) is 16.9 Å². The summed E-state index contributed by atoms with van der Waals surface area (Å²) in [7, 11) is 0. The van der Waals surface area contributed by atoms with Crippen LogP contribution in [-0.4, -0.2) is 9.55 Å². The third-order valence-electron chi connectivity index (χ3n) is 1.70. The van der Waals surface area contributed by atoms with Gasteiger partial charge in [0.1, 0.15) is 11.0 Å². The molecule has 3 nitrogen and oxygen atoms in total. The first-order chi connectivity index (χ1) is 5.66. The minimum Gasteiger partial charge on any atom is -0.318 e. The van der Waals surface area contributed by atoms with Gasteiger partial charge in [0.05, 0.1) is 18.2 Å². The summed E-state index contributed by atoms with van der Waals surface area (Å²) in [5.74, 6) is 0.868. The largest absolute Gasteiger partial charge is 0.318 e. The van der Waals surface area contributed by atoms with Crippen molar-refractivity contribution in [3.63, 3.8) is 0 Å². The van der Waals surface area contributed by atoms with Crippen LogP contribution >= 0.6 is 11.6 Å². The van der Waals surface area contributed by atoms with E-state index in [1.165, 1.54) is 0 Å². The molecule has 0 radical (unpaired) electrons. The van der Waals surface area contributed by atoms with Crippen molar-refractivity contribution in [2.75, 3.05) is 0 Å². The number of nitriles is 1.